The highest BCUT2D eigenvalue weighted by Crippen LogP contribution is 2.34. The fourth-order valence-electron chi connectivity index (χ4n) is 2.22. The lowest BCUT2D eigenvalue weighted by atomic mass is 10.0. The summed E-state index contributed by atoms with van der Waals surface area (Å²) in [5.41, 5.74) is 2.92. The van der Waals surface area contributed by atoms with Gasteiger partial charge in [-0.2, -0.15) is 5.26 Å². The third kappa shape index (κ3) is 2.37. The van der Waals surface area contributed by atoms with Crippen LogP contribution in [0.2, 0.25) is 0 Å². The first-order valence-electron chi connectivity index (χ1n) is 6.46. The first kappa shape index (κ1) is 12.9. The highest BCUT2D eigenvalue weighted by molar-refractivity contribution is 6.01. The lowest BCUT2D eigenvalue weighted by Crippen LogP contribution is -2.31. The summed E-state index contributed by atoms with van der Waals surface area (Å²) < 4.78 is 5.37. The van der Waals surface area contributed by atoms with Crippen LogP contribution < -0.4 is 4.90 Å². The number of nitriles is 1. The molecule has 21 heavy (non-hydrogen) atoms. The molecule has 0 saturated carbocycles. The van der Waals surface area contributed by atoms with Gasteiger partial charge in [0.25, 0.3) is 0 Å². The van der Waals surface area contributed by atoms with Gasteiger partial charge in [-0.3, -0.25) is 4.90 Å². The van der Waals surface area contributed by atoms with E-state index in [1.807, 2.05) is 30.3 Å². The maximum absolute atomic E-state index is 11.9. The minimum absolute atomic E-state index is 0.436. The van der Waals surface area contributed by atoms with Crippen molar-refractivity contribution in [2.24, 2.45) is 0 Å². The topological polar surface area (TPSA) is 53.3 Å². The molecule has 1 amide bonds. The van der Waals surface area contributed by atoms with Gasteiger partial charge in [0.05, 0.1) is 17.3 Å². The van der Waals surface area contributed by atoms with Gasteiger partial charge in [-0.05, 0) is 29.8 Å². The lowest BCUT2D eigenvalue weighted by Gasteiger charge is -2.27. The Morgan fingerprint density at radius 1 is 1.19 bits per heavy atom. The number of nitrogens with zero attached hydrogens (tertiary/aromatic N) is 2. The zero-order valence-corrected chi connectivity index (χ0v) is 11.4. The molecule has 3 rings (SSSR count). The van der Waals surface area contributed by atoms with Crippen molar-refractivity contribution >= 4 is 23.6 Å². The molecule has 0 atom stereocenters. The SMILES string of the molecule is CN1C(=O)O/C(=C\c2ccccc2)c2cc(C#N)ccc21. The summed E-state index contributed by atoms with van der Waals surface area (Å²) in [6.45, 7) is 0. The second-order valence-corrected chi connectivity index (χ2v) is 4.69. The van der Waals surface area contributed by atoms with Gasteiger partial charge in [0, 0.05) is 12.6 Å². The van der Waals surface area contributed by atoms with Gasteiger partial charge in [0.15, 0.2) is 0 Å². The summed E-state index contributed by atoms with van der Waals surface area (Å²) >= 11 is 0. The maximum atomic E-state index is 11.9. The number of cyclic esters (lactones) is 1. The molecule has 0 N–H and O–H groups in total. The van der Waals surface area contributed by atoms with Crippen LogP contribution >= 0.6 is 0 Å². The van der Waals surface area contributed by atoms with Gasteiger partial charge < -0.3 is 4.74 Å². The van der Waals surface area contributed by atoms with Crippen LogP contribution in [-0.2, 0) is 4.74 Å². The molecule has 1 heterocycles. The van der Waals surface area contributed by atoms with Crippen molar-refractivity contribution in [1.82, 2.24) is 0 Å². The molecule has 0 aromatic heterocycles. The van der Waals surface area contributed by atoms with Gasteiger partial charge in [0.2, 0.25) is 0 Å². The number of ether oxygens (including phenoxy) is 1. The fourth-order valence-corrected chi connectivity index (χ4v) is 2.22. The molecule has 0 radical (unpaired) electrons. The molecule has 0 bridgehead atoms. The highest BCUT2D eigenvalue weighted by Gasteiger charge is 2.26. The number of benzene rings is 2. The van der Waals surface area contributed by atoms with Gasteiger partial charge >= 0.3 is 6.09 Å². The molecule has 2 aromatic carbocycles. The van der Waals surface area contributed by atoms with E-state index >= 15 is 0 Å². The van der Waals surface area contributed by atoms with Crippen molar-refractivity contribution in [2.45, 2.75) is 0 Å². The molecule has 0 spiro atoms. The Morgan fingerprint density at radius 2 is 1.95 bits per heavy atom. The number of carbonyl (C=O) groups excluding carboxylic acids is 1. The van der Waals surface area contributed by atoms with Gasteiger partial charge in [0.1, 0.15) is 5.76 Å². The molecule has 2 aromatic rings. The van der Waals surface area contributed by atoms with Crippen LogP contribution in [0.5, 0.6) is 0 Å². The molecule has 0 fully saturated rings. The first-order chi connectivity index (χ1) is 10.2. The van der Waals surface area contributed by atoms with Crippen LogP contribution in [0.15, 0.2) is 48.5 Å². The predicted molar refractivity (Wildman–Crippen MR) is 80.4 cm³/mol. The standard InChI is InChI=1S/C17H12N2O2/c1-19-15-8-7-13(11-18)9-14(15)16(21-17(19)20)10-12-5-3-2-4-6-12/h2-10H,1H3/b16-10-. The number of rotatable bonds is 1. The number of anilines is 1. The maximum Gasteiger partial charge on any atom is 0.419 e. The van der Waals surface area contributed by atoms with Gasteiger partial charge in [-0.15, -0.1) is 0 Å². The number of hydrogen-bond donors (Lipinski definition) is 0. The van der Waals surface area contributed by atoms with Crippen molar-refractivity contribution in [3.8, 4) is 6.07 Å². The Bertz CT molecular complexity index is 773. The lowest BCUT2D eigenvalue weighted by molar-refractivity contribution is 0.199. The largest absolute Gasteiger partial charge is 0.419 e. The summed E-state index contributed by atoms with van der Waals surface area (Å²) in [5.74, 6) is 0.455. The minimum atomic E-state index is -0.436. The Balaban J connectivity index is 2.16. The van der Waals surface area contributed by atoms with E-state index in [-0.39, 0.29) is 0 Å². The minimum Gasteiger partial charge on any atom is -0.409 e. The third-order valence-corrected chi connectivity index (χ3v) is 3.32. The van der Waals surface area contributed by atoms with E-state index in [4.69, 9.17) is 10.00 Å². The molecule has 0 unspecified atom stereocenters. The first-order valence-corrected chi connectivity index (χ1v) is 6.46. The van der Waals surface area contributed by atoms with Crippen LogP contribution in [-0.4, -0.2) is 13.1 Å². The van der Waals surface area contributed by atoms with E-state index in [1.165, 1.54) is 4.90 Å². The Kier molecular flexibility index (Phi) is 3.17. The van der Waals surface area contributed by atoms with Crippen LogP contribution in [0.4, 0.5) is 10.5 Å². The average molecular weight is 276 g/mol. The van der Waals surface area contributed by atoms with Crippen molar-refractivity contribution in [1.29, 1.82) is 5.26 Å². The van der Waals surface area contributed by atoms with Gasteiger partial charge in [-0.1, -0.05) is 30.3 Å². The zero-order chi connectivity index (χ0) is 14.8. The highest BCUT2D eigenvalue weighted by atomic mass is 16.6. The van der Waals surface area contributed by atoms with E-state index < -0.39 is 6.09 Å². The van der Waals surface area contributed by atoms with Crippen LogP contribution in [0, 0.1) is 11.3 Å². The third-order valence-electron chi connectivity index (χ3n) is 3.32. The van der Waals surface area contributed by atoms with E-state index in [2.05, 4.69) is 6.07 Å². The molecule has 0 aliphatic carbocycles. The number of carbonyl (C=O) groups is 1. The van der Waals surface area contributed by atoms with E-state index in [9.17, 15) is 4.79 Å². The Hall–Kier alpha value is -3.06. The Labute approximate surface area is 122 Å². The second-order valence-electron chi connectivity index (χ2n) is 4.69. The molecular formula is C17H12N2O2. The normalized spacial score (nSPS) is 15.3. The predicted octanol–water partition coefficient (Wildman–Crippen LogP) is 3.64. The molecule has 1 aliphatic rings. The molecular weight excluding hydrogens is 264 g/mol. The average Bonchev–Trinajstić information content (AvgIpc) is 2.53. The molecule has 102 valence electrons. The second kappa shape index (κ2) is 5.14. The summed E-state index contributed by atoms with van der Waals surface area (Å²) in [6.07, 6.45) is 1.36. The van der Waals surface area contributed by atoms with Crippen molar-refractivity contribution in [2.75, 3.05) is 11.9 Å². The monoisotopic (exact) mass is 276 g/mol. The van der Waals surface area contributed by atoms with Crippen LogP contribution in [0.25, 0.3) is 11.8 Å². The van der Waals surface area contributed by atoms with Crippen molar-refractivity contribution in [3.63, 3.8) is 0 Å². The Morgan fingerprint density at radius 3 is 2.67 bits per heavy atom. The summed E-state index contributed by atoms with van der Waals surface area (Å²) in [4.78, 5) is 13.3. The smallest absolute Gasteiger partial charge is 0.409 e. The number of hydrogen-bond acceptors (Lipinski definition) is 3. The zero-order valence-electron chi connectivity index (χ0n) is 11.4. The molecule has 1 aliphatic heterocycles. The van der Waals surface area contributed by atoms with Crippen LogP contribution in [0.1, 0.15) is 16.7 Å². The fraction of sp³-hybridized carbons (Fsp3) is 0.0588. The van der Waals surface area contributed by atoms with E-state index in [0.717, 1.165) is 16.8 Å². The number of fused-ring (bicyclic) bond motifs is 1. The summed E-state index contributed by atoms with van der Waals surface area (Å²) in [7, 11) is 1.65. The van der Waals surface area contributed by atoms with E-state index in [1.54, 1.807) is 31.3 Å². The molecule has 0 saturated heterocycles. The molecule has 4 heteroatoms. The van der Waals surface area contributed by atoms with Crippen molar-refractivity contribution in [3.05, 3.63) is 65.2 Å². The van der Waals surface area contributed by atoms with Crippen LogP contribution in [0.3, 0.4) is 0 Å². The van der Waals surface area contributed by atoms with Gasteiger partial charge in [-0.25, -0.2) is 4.79 Å². The molecule has 4 nitrogen and oxygen atoms in total. The van der Waals surface area contributed by atoms with E-state index in [0.29, 0.717) is 11.3 Å². The van der Waals surface area contributed by atoms with Crippen molar-refractivity contribution < 1.29 is 9.53 Å². The summed E-state index contributed by atoms with van der Waals surface area (Å²) in [6, 6.07) is 16.9. The quantitative estimate of drug-likeness (QED) is 0.799. The summed E-state index contributed by atoms with van der Waals surface area (Å²) in [5, 5.41) is 9.04. The number of amides is 1.